The van der Waals surface area contributed by atoms with E-state index in [0.717, 1.165) is 16.9 Å². The van der Waals surface area contributed by atoms with Gasteiger partial charge in [0.15, 0.2) is 0 Å². The highest BCUT2D eigenvalue weighted by Crippen LogP contribution is 2.44. The van der Waals surface area contributed by atoms with Crippen molar-refractivity contribution in [1.82, 2.24) is 20.0 Å². The lowest BCUT2D eigenvalue weighted by atomic mass is 9.74. The van der Waals surface area contributed by atoms with Gasteiger partial charge in [-0.15, -0.1) is 11.3 Å². The number of urea groups is 1. The summed E-state index contributed by atoms with van der Waals surface area (Å²) in [6, 6.07) is 2.16. The van der Waals surface area contributed by atoms with Gasteiger partial charge in [0.25, 0.3) is 0 Å². The first-order chi connectivity index (χ1) is 16.7. The van der Waals surface area contributed by atoms with Crippen molar-refractivity contribution in [3.05, 3.63) is 16.0 Å². The van der Waals surface area contributed by atoms with Crippen LogP contribution in [0.4, 0.5) is 14.6 Å². The summed E-state index contributed by atoms with van der Waals surface area (Å²) in [5.74, 6) is -0.238. The zero-order chi connectivity index (χ0) is 25.7. The minimum absolute atomic E-state index is 0.135. The van der Waals surface area contributed by atoms with Crippen LogP contribution >= 0.6 is 11.3 Å². The number of carbonyl (C=O) groups is 3. The molecule has 1 fully saturated rings. The minimum atomic E-state index is -0.597. The lowest BCUT2D eigenvalue weighted by molar-refractivity contribution is -0.136. The Labute approximate surface area is 211 Å². The summed E-state index contributed by atoms with van der Waals surface area (Å²) in [4.78, 5) is 44.7. The van der Waals surface area contributed by atoms with E-state index in [1.54, 1.807) is 0 Å². The summed E-state index contributed by atoms with van der Waals surface area (Å²) < 4.78 is 4.70. The fourth-order valence-corrected chi connectivity index (χ4v) is 6.31. The second-order valence-corrected chi connectivity index (χ2v) is 10.7. The van der Waals surface area contributed by atoms with Gasteiger partial charge in [0.1, 0.15) is 11.1 Å². The third kappa shape index (κ3) is 6.12. The number of methoxy groups -OCH3 is 1. The number of imide groups is 1. The molecule has 1 aromatic rings. The first-order valence-corrected chi connectivity index (χ1v) is 12.8. The van der Waals surface area contributed by atoms with Crippen LogP contribution in [0.15, 0.2) is 0 Å². The minimum Gasteiger partial charge on any atom is -0.453 e. The Morgan fingerprint density at radius 3 is 2.63 bits per heavy atom. The summed E-state index contributed by atoms with van der Waals surface area (Å²) in [6.07, 6.45) is 2.20. The Bertz CT molecular complexity index is 987. The quantitative estimate of drug-likeness (QED) is 0.585. The molecule has 0 spiro atoms. The average molecular weight is 505 g/mol. The maximum Gasteiger partial charge on any atom is 0.411 e. The largest absolute Gasteiger partial charge is 0.453 e. The fourth-order valence-electron chi connectivity index (χ4n) is 5.09. The molecule has 1 aliphatic carbocycles. The molecule has 0 aromatic carbocycles. The Morgan fingerprint density at radius 1 is 1.26 bits per heavy atom. The third-order valence-electron chi connectivity index (χ3n) is 6.81. The average Bonchev–Trinajstić information content (AvgIpc) is 3.15. The highest BCUT2D eigenvalue weighted by Gasteiger charge is 2.43. The Hall–Kier alpha value is -2.68. The van der Waals surface area contributed by atoms with E-state index >= 15 is 0 Å². The number of hydrogen-bond donors (Lipinski definition) is 2. The molecule has 3 atom stereocenters. The number of rotatable bonds is 7. The molecule has 0 saturated carbocycles. The van der Waals surface area contributed by atoms with Gasteiger partial charge in [0, 0.05) is 37.1 Å². The monoisotopic (exact) mass is 504 g/mol. The number of likely N-dealkylation sites (tertiary alicyclic amines) is 1. The SMILES string of the molecule is CCCN(C(=O)NCCN(C)C)C(=O)[C@@H]1C[C@@H]2Cc3c(sc(NC(=O)OC)c3C#N)C[C@H]2N(C)C1. The van der Waals surface area contributed by atoms with Crippen molar-refractivity contribution in [1.29, 1.82) is 5.26 Å². The first kappa shape index (κ1) is 26.9. The molecule has 1 saturated heterocycles. The number of carbonyl (C=O) groups excluding carboxylic acids is 3. The molecule has 1 aliphatic heterocycles. The van der Waals surface area contributed by atoms with Crippen molar-refractivity contribution < 1.29 is 19.1 Å². The second kappa shape index (κ2) is 11.8. The van der Waals surface area contributed by atoms with E-state index in [2.05, 4.69) is 21.6 Å². The van der Waals surface area contributed by atoms with Crippen molar-refractivity contribution in [2.24, 2.45) is 11.8 Å². The number of hydrogen-bond acceptors (Lipinski definition) is 8. The predicted octanol–water partition coefficient (Wildman–Crippen LogP) is 2.34. The van der Waals surface area contributed by atoms with E-state index in [4.69, 9.17) is 4.74 Å². The molecular formula is C24H36N6O4S. The standard InChI is InChI=1S/C24H36N6O4S/c1-6-8-30(23(32)26-7-9-28(2)3)22(31)16-10-15-11-17-18(13-25)21(27-24(33)34-5)35-20(17)12-19(15)29(4)14-16/h15-16,19H,6-12,14H2,1-5H3,(H,26,32)(H,27,33)/t15-,16-,19-/m1/s1. The lowest BCUT2D eigenvalue weighted by Crippen LogP contribution is -2.55. The van der Waals surface area contributed by atoms with Gasteiger partial charge in [0.2, 0.25) is 5.91 Å². The van der Waals surface area contributed by atoms with Crippen LogP contribution in [0.5, 0.6) is 0 Å². The maximum atomic E-state index is 13.5. The fraction of sp³-hybridized carbons (Fsp3) is 0.667. The molecule has 2 N–H and O–H groups in total. The van der Waals surface area contributed by atoms with Crippen LogP contribution in [-0.2, 0) is 22.4 Å². The topological polar surface area (TPSA) is 118 Å². The molecule has 3 rings (SSSR count). The van der Waals surface area contributed by atoms with Crippen LogP contribution < -0.4 is 10.6 Å². The van der Waals surface area contributed by atoms with Crippen LogP contribution in [0.1, 0.15) is 35.8 Å². The van der Waals surface area contributed by atoms with E-state index in [1.165, 1.54) is 23.3 Å². The van der Waals surface area contributed by atoms with E-state index in [1.807, 2.05) is 33.0 Å². The van der Waals surface area contributed by atoms with Crippen LogP contribution in [-0.4, -0.2) is 93.2 Å². The van der Waals surface area contributed by atoms with Crippen molar-refractivity contribution >= 4 is 34.4 Å². The molecule has 11 heteroatoms. The van der Waals surface area contributed by atoms with Crippen LogP contribution in [0, 0.1) is 23.2 Å². The van der Waals surface area contributed by atoms with Gasteiger partial charge >= 0.3 is 12.1 Å². The van der Waals surface area contributed by atoms with Gasteiger partial charge in [-0.05, 0) is 58.3 Å². The number of nitrogens with zero attached hydrogens (tertiary/aromatic N) is 4. The Morgan fingerprint density at radius 2 is 2.00 bits per heavy atom. The summed E-state index contributed by atoms with van der Waals surface area (Å²) >= 11 is 1.43. The summed E-state index contributed by atoms with van der Waals surface area (Å²) in [7, 11) is 7.19. The van der Waals surface area contributed by atoms with Crippen molar-refractivity contribution in [3.63, 3.8) is 0 Å². The van der Waals surface area contributed by atoms with Crippen LogP contribution in [0.2, 0.25) is 0 Å². The van der Waals surface area contributed by atoms with Gasteiger partial charge in [-0.1, -0.05) is 6.92 Å². The van der Waals surface area contributed by atoms with Gasteiger partial charge in [-0.25, -0.2) is 9.59 Å². The molecule has 0 bridgehead atoms. The van der Waals surface area contributed by atoms with Crippen molar-refractivity contribution in [3.8, 4) is 6.07 Å². The highest BCUT2D eigenvalue weighted by atomic mass is 32.1. The number of amides is 4. The van der Waals surface area contributed by atoms with Crippen molar-refractivity contribution in [2.75, 3.05) is 59.7 Å². The molecule has 35 heavy (non-hydrogen) atoms. The zero-order valence-corrected chi connectivity index (χ0v) is 22.0. The molecule has 192 valence electrons. The second-order valence-electron chi connectivity index (χ2n) is 9.57. The normalized spacial score (nSPS) is 21.5. The molecular weight excluding hydrogens is 468 g/mol. The number of piperidine rings is 1. The zero-order valence-electron chi connectivity index (χ0n) is 21.2. The molecule has 1 aromatic heterocycles. The van der Waals surface area contributed by atoms with Gasteiger partial charge in [0.05, 0.1) is 18.6 Å². The first-order valence-electron chi connectivity index (χ1n) is 12.0. The smallest absolute Gasteiger partial charge is 0.411 e. The predicted molar refractivity (Wildman–Crippen MR) is 134 cm³/mol. The maximum absolute atomic E-state index is 13.5. The van der Waals surface area contributed by atoms with E-state index < -0.39 is 6.09 Å². The number of thiophene rings is 1. The number of likely N-dealkylation sites (N-methyl/N-ethyl adjacent to an activating group) is 2. The Balaban J connectivity index is 1.75. The van der Waals surface area contributed by atoms with Crippen LogP contribution in [0.25, 0.3) is 0 Å². The molecule has 10 nitrogen and oxygen atoms in total. The van der Waals surface area contributed by atoms with Gasteiger partial charge in [-0.2, -0.15) is 5.26 Å². The van der Waals surface area contributed by atoms with E-state index in [-0.39, 0.29) is 29.8 Å². The third-order valence-corrected chi connectivity index (χ3v) is 7.98. The van der Waals surface area contributed by atoms with E-state index in [9.17, 15) is 19.6 Å². The highest BCUT2D eigenvalue weighted by molar-refractivity contribution is 7.16. The number of nitrogens with one attached hydrogen (secondary N) is 2. The molecule has 2 aliphatic rings. The summed E-state index contributed by atoms with van der Waals surface area (Å²) in [5.41, 5.74) is 1.44. The summed E-state index contributed by atoms with van der Waals surface area (Å²) in [6.45, 7) is 4.11. The van der Waals surface area contributed by atoms with Gasteiger partial charge in [-0.3, -0.25) is 15.0 Å². The molecule has 0 radical (unpaired) electrons. The Kier molecular flexibility index (Phi) is 9.10. The van der Waals surface area contributed by atoms with Gasteiger partial charge < -0.3 is 19.9 Å². The van der Waals surface area contributed by atoms with Crippen LogP contribution in [0.3, 0.4) is 0 Å². The van der Waals surface area contributed by atoms with Crippen molar-refractivity contribution in [2.45, 2.75) is 38.6 Å². The number of nitriles is 1. The summed E-state index contributed by atoms with van der Waals surface area (Å²) in [5, 5.41) is 15.8. The number of anilines is 1. The molecule has 0 unspecified atom stereocenters. The lowest BCUT2D eigenvalue weighted by Gasteiger charge is -2.45. The molecule has 2 heterocycles. The number of fused-ring (bicyclic) bond motifs is 2. The molecule has 4 amide bonds. The van der Waals surface area contributed by atoms with E-state index in [0.29, 0.717) is 56.0 Å². The number of ether oxygens (including phenoxy) is 1.